The van der Waals surface area contributed by atoms with E-state index in [-0.39, 0.29) is 17.4 Å². The smallest absolute Gasteiger partial charge is 0.230 e. The number of nitrogens with one attached hydrogen (secondary N) is 1. The fourth-order valence-corrected chi connectivity index (χ4v) is 2.21. The number of hydrogen-bond donors (Lipinski definition) is 2. The van der Waals surface area contributed by atoms with Gasteiger partial charge in [-0.1, -0.05) is 0 Å². The van der Waals surface area contributed by atoms with E-state index in [1.807, 2.05) is 6.26 Å². The quantitative estimate of drug-likeness (QED) is 0.594. The van der Waals surface area contributed by atoms with E-state index in [9.17, 15) is 9.59 Å². The van der Waals surface area contributed by atoms with Crippen molar-refractivity contribution in [2.75, 3.05) is 24.9 Å². The molecule has 0 unspecified atom stereocenters. The van der Waals surface area contributed by atoms with Gasteiger partial charge in [0.15, 0.2) is 5.78 Å². The number of thiol groups is 1. The van der Waals surface area contributed by atoms with Gasteiger partial charge in [-0.05, 0) is 30.5 Å². The summed E-state index contributed by atoms with van der Waals surface area (Å²) in [7, 11) is 1.57. The number of Topliss-reactive ketones (excluding diaryl/α,β-unsaturated/α-hetero) is 1. The van der Waals surface area contributed by atoms with E-state index in [1.54, 1.807) is 31.4 Å². The molecular formula is C13H17NO3S2. The molecule has 1 rings (SSSR count). The number of carbonyl (C=O) groups is 2. The highest BCUT2D eigenvalue weighted by atomic mass is 32.2. The summed E-state index contributed by atoms with van der Waals surface area (Å²) in [5.74, 6) is 0.944. The summed E-state index contributed by atoms with van der Waals surface area (Å²) in [6, 6.07) is 6.32. The Morgan fingerprint density at radius 1 is 1.37 bits per heavy atom. The second-order valence-corrected chi connectivity index (χ2v) is 5.05. The van der Waals surface area contributed by atoms with Crippen LogP contribution in [0.5, 0.6) is 5.75 Å². The molecule has 19 heavy (non-hydrogen) atoms. The minimum atomic E-state index is -0.525. The lowest BCUT2D eigenvalue weighted by molar-refractivity contribution is -0.118. The predicted molar refractivity (Wildman–Crippen MR) is 81.5 cm³/mol. The Hall–Kier alpha value is -1.14. The van der Waals surface area contributed by atoms with Crippen molar-refractivity contribution in [3.05, 3.63) is 29.8 Å². The van der Waals surface area contributed by atoms with Gasteiger partial charge in [0.1, 0.15) is 11.8 Å². The molecule has 0 bridgehead atoms. The monoisotopic (exact) mass is 299 g/mol. The van der Waals surface area contributed by atoms with Gasteiger partial charge in [-0.3, -0.25) is 9.59 Å². The third kappa shape index (κ3) is 4.80. The molecule has 0 aliphatic heterocycles. The van der Waals surface area contributed by atoms with Gasteiger partial charge < -0.3 is 10.1 Å². The number of ketones is 1. The molecule has 1 atom stereocenters. The maximum Gasteiger partial charge on any atom is 0.230 e. The van der Waals surface area contributed by atoms with Crippen molar-refractivity contribution in [1.82, 2.24) is 5.32 Å². The second kappa shape index (κ2) is 8.12. The maximum atomic E-state index is 12.3. The molecule has 1 aromatic rings. The Kier molecular flexibility index (Phi) is 6.80. The molecule has 0 heterocycles. The molecule has 0 aliphatic carbocycles. The van der Waals surface area contributed by atoms with Crippen LogP contribution >= 0.6 is 24.4 Å². The zero-order valence-electron chi connectivity index (χ0n) is 10.9. The van der Waals surface area contributed by atoms with Crippen LogP contribution in [0, 0.1) is 0 Å². The molecular weight excluding hydrogens is 282 g/mol. The Morgan fingerprint density at radius 2 is 2.00 bits per heavy atom. The molecule has 4 nitrogen and oxygen atoms in total. The predicted octanol–water partition coefficient (Wildman–Crippen LogP) is 1.66. The average Bonchev–Trinajstić information content (AvgIpc) is 2.46. The lowest BCUT2D eigenvalue weighted by Crippen LogP contribution is -2.43. The van der Waals surface area contributed by atoms with Crippen molar-refractivity contribution < 1.29 is 14.3 Å². The number of ether oxygens (including phenoxy) is 1. The number of benzene rings is 1. The molecule has 0 fully saturated rings. The fourth-order valence-electron chi connectivity index (χ4n) is 1.55. The highest BCUT2D eigenvalue weighted by Gasteiger charge is 2.21. The molecule has 104 valence electrons. The third-order valence-corrected chi connectivity index (χ3v) is 3.46. The van der Waals surface area contributed by atoms with Gasteiger partial charge >= 0.3 is 0 Å². The highest BCUT2D eigenvalue weighted by Crippen LogP contribution is 2.14. The molecule has 1 aromatic carbocycles. The van der Waals surface area contributed by atoms with Gasteiger partial charge in [-0.2, -0.15) is 24.4 Å². The van der Waals surface area contributed by atoms with Crippen molar-refractivity contribution in [2.45, 2.75) is 6.04 Å². The van der Waals surface area contributed by atoms with Crippen LogP contribution in [0.25, 0.3) is 0 Å². The third-order valence-electron chi connectivity index (χ3n) is 2.50. The summed E-state index contributed by atoms with van der Waals surface area (Å²) in [6.07, 6.45) is 1.89. The fraction of sp³-hybridized carbons (Fsp3) is 0.385. The summed E-state index contributed by atoms with van der Waals surface area (Å²) in [4.78, 5) is 23.7. The van der Waals surface area contributed by atoms with Crippen LogP contribution in [0.2, 0.25) is 0 Å². The van der Waals surface area contributed by atoms with Gasteiger partial charge in [0.05, 0.1) is 12.9 Å². The first-order chi connectivity index (χ1) is 9.12. The highest BCUT2D eigenvalue weighted by molar-refractivity contribution is 7.98. The summed E-state index contributed by atoms with van der Waals surface area (Å²) >= 11 is 5.40. The van der Waals surface area contributed by atoms with Crippen molar-refractivity contribution in [2.24, 2.45) is 0 Å². The molecule has 0 saturated carbocycles. The van der Waals surface area contributed by atoms with Gasteiger partial charge in [0.2, 0.25) is 5.91 Å². The molecule has 1 N–H and O–H groups in total. The van der Waals surface area contributed by atoms with Crippen LogP contribution in [-0.2, 0) is 4.79 Å². The molecule has 0 spiro atoms. The second-order valence-electron chi connectivity index (χ2n) is 3.83. The summed E-state index contributed by atoms with van der Waals surface area (Å²) in [6.45, 7) is 0. The Labute approximate surface area is 122 Å². The van der Waals surface area contributed by atoms with Crippen LogP contribution in [-0.4, -0.2) is 42.6 Å². The van der Waals surface area contributed by atoms with E-state index in [1.165, 1.54) is 11.8 Å². The van der Waals surface area contributed by atoms with Crippen LogP contribution in [0.1, 0.15) is 10.4 Å². The van der Waals surface area contributed by atoms with Crippen molar-refractivity contribution in [3.63, 3.8) is 0 Å². The average molecular weight is 299 g/mol. The van der Waals surface area contributed by atoms with Crippen molar-refractivity contribution >= 4 is 36.1 Å². The SMILES string of the molecule is COc1ccc(C(=O)[C@H](CSC)NC(=O)CS)cc1. The van der Waals surface area contributed by atoms with Gasteiger partial charge in [-0.25, -0.2) is 0 Å². The summed E-state index contributed by atoms with van der Waals surface area (Å²) in [5.41, 5.74) is 0.555. The molecule has 0 radical (unpaired) electrons. The molecule has 1 amide bonds. The molecule has 0 saturated heterocycles. The van der Waals surface area contributed by atoms with Crippen LogP contribution in [0.4, 0.5) is 0 Å². The first-order valence-electron chi connectivity index (χ1n) is 5.69. The lowest BCUT2D eigenvalue weighted by atomic mass is 10.1. The van der Waals surface area contributed by atoms with E-state index in [0.29, 0.717) is 17.1 Å². The first-order valence-corrected chi connectivity index (χ1v) is 7.72. The number of hydrogen-bond acceptors (Lipinski definition) is 5. The largest absolute Gasteiger partial charge is 0.497 e. The van der Waals surface area contributed by atoms with Crippen LogP contribution in [0.3, 0.4) is 0 Å². The molecule has 0 aromatic heterocycles. The number of methoxy groups -OCH3 is 1. The van der Waals surface area contributed by atoms with E-state index in [0.717, 1.165) is 0 Å². The minimum Gasteiger partial charge on any atom is -0.497 e. The van der Waals surface area contributed by atoms with Gasteiger partial charge in [0.25, 0.3) is 0 Å². The summed E-state index contributed by atoms with van der Waals surface area (Å²) < 4.78 is 5.04. The number of carbonyl (C=O) groups excluding carboxylic acids is 2. The van der Waals surface area contributed by atoms with Crippen molar-refractivity contribution in [3.8, 4) is 5.75 Å². The number of thioether (sulfide) groups is 1. The van der Waals surface area contributed by atoms with Crippen molar-refractivity contribution in [1.29, 1.82) is 0 Å². The topological polar surface area (TPSA) is 55.4 Å². The van der Waals surface area contributed by atoms with Crippen LogP contribution in [0.15, 0.2) is 24.3 Å². The minimum absolute atomic E-state index is 0.0702. The lowest BCUT2D eigenvalue weighted by Gasteiger charge is -2.16. The Bertz CT molecular complexity index is 434. The van der Waals surface area contributed by atoms with E-state index in [2.05, 4.69) is 17.9 Å². The van der Waals surface area contributed by atoms with Crippen LogP contribution < -0.4 is 10.1 Å². The molecule has 6 heteroatoms. The zero-order valence-corrected chi connectivity index (χ0v) is 12.6. The first kappa shape index (κ1) is 15.9. The Morgan fingerprint density at radius 3 is 2.47 bits per heavy atom. The van der Waals surface area contributed by atoms with E-state index >= 15 is 0 Å². The molecule has 0 aliphatic rings. The standard InChI is InChI=1S/C13H17NO3S2/c1-17-10-5-3-9(4-6-10)13(16)11(8-19-2)14-12(15)7-18/h3-6,11,18H,7-8H2,1-2H3,(H,14,15)/t11-/m0/s1. The zero-order chi connectivity index (χ0) is 14.3. The number of amides is 1. The number of rotatable bonds is 7. The summed E-state index contributed by atoms with van der Waals surface area (Å²) in [5, 5.41) is 2.68. The normalized spacial score (nSPS) is 11.7. The van der Waals surface area contributed by atoms with Gasteiger partial charge in [-0.15, -0.1) is 0 Å². The van der Waals surface area contributed by atoms with E-state index < -0.39 is 6.04 Å². The van der Waals surface area contributed by atoms with E-state index in [4.69, 9.17) is 4.74 Å². The maximum absolute atomic E-state index is 12.3. The Balaban J connectivity index is 2.82. The van der Waals surface area contributed by atoms with Gasteiger partial charge in [0, 0.05) is 11.3 Å².